The van der Waals surface area contributed by atoms with Gasteiger partial charge in [0.15, 0.2) is 0 Å². The molecule has 5 nitrogen and oxygen atoms in total. The number of aromatic nitrogens is 3. The predicted octanol–water partition coefficient (Wildman–Crippen LogP) is 4.11. The molecule has 0 aliphatic heterocycles. The molecule has 1 saturated carbocycles. The minimum Gasteiger partial charge on any atom is -0.341 e. The highest BCUT2D eigenvalue weighted by Crippen LogP contribution is 2.38. The fourth-order valence-electron chi connectivity index (χ4n) is 5.09. The lowest BCUT2D eigenvalue weighted by atomic mass is 9.86. The van der Waals surface area contributed by atoms with Gasteiger partial charge in [-0.3, -0.25) is 9.88 Å². The van der Waals surface area contributed by atoms with Crippen molar-refractivity contribution in [2.75, 3.05) is 0 Å². The predicted molar refractivity (Wildman–Crippen MR) is 112 cm³/mol. The molecule has 1 unspecified atom stereocenters. The number of fused-ring (bicyclic) bond motifs is 2. The van der Waals surface area contributed by atoms with Gasteiger partial charge in [0, 0.05) is 18.3 Å². The van der Waals surface area contributed by atoms with Crippen molar-refractivity contribution in [2.45, 2.75) is 69.6 Å². The molecule has 5 heteroatoms. The fourth-order valence-corrected chi connectivity index (χ4v) is 5.09. The van der Waals surface area contributed by atoms with Crippen LogP contribution in [0.4, 0.5) is 0 Å². The van der Waals surface area contributed by atoms with E-state index in [-0.39, 0.29) is 0 Å². The zero-order valence-corrected chi connectivity index (χ0v) is 16.3. The molecule has 2 aromatic heterocycles. The summed E-state index contributed by atoms with van der Waals surface area (Å²) in [6, 6.07) is 13.9. The smallest absolute Gasteiger partial charge is 0.121 e. The van der Waals surface area contributed by atoms with E-state index in [2.05, 4.69) is 46.3 Å². The highest BCUT2D eigenvalue weighted by Gasteiger charge is 2.34. The molecule has 0 amide bonds. The molecule has 1 fully saturated rings. The second-order valence-corrected chi connectivity index (χ2v) is 8.40. The van der Waals surface area contributed by atoms with Crippen LogP contribution in [0, 0.1) is 0 Å². The molecule has 146 valence electrons. The van der Waals surface area contributed by atoms with Gasteiger partial charge in [0.2, 0.25) is 0 Å². The van der Waals surface area contributed by atoms with Crippen LogP contribution in [-0.4, -0.2) is 31.9 Å². The molecule has 3 aromatic rings. The minimum absolute atomic E-state index is 0.362. The number of nitrogens with two attached hydrogens (primary N) is 1. The van der Waals surface area contributed by atoms with Crippen LogP contribution in [0.1, 0.15) is 61.6 Å². The summed E-state index contributed by atoms with van der Waals surface area (Å²) in [4.78, 5) is 15.9. The quantitative estimate of drug-likeness (QED) is 0.720. The third kappa shape index (κ3) is 3.45. The number of imidazole rings is 1. The van der Waals surface area contributed by atoms with Crippen LogP contribution in [0.3, 0.4) is 0 Å². The Labute approximate surface area is 166 Å². The number of H-pyrrole nitrogens is 1. The first-order chi connectivity index (χ1) is 13.8. The Hall–Kier alpha value is -2.24. The Morgan fingerprint density at radius 2 is 1.89 bits per heavy atom. The Bertz CT molecular complexity index is 908. The van der Waals surface area contributed by atoms with Crippen molar-refractivity contribution in [3.05, 3.63) is 59.7 Å². The van der Waals surface area contributed by atoms with E-state index in [9.17, 15) is 0 Å². The normalized spacial score (nSPS) is 25.1. The van der Waals surface area contributed by atoms with Crippen molar-refractivity contribution in [2.24, 2.45) is 5.73 Å². The maximum atomic E-state index is 6.21. The maximum Gasteiger partial charge on any atom is 0.121 e. The average molecular weight is 376 g/mol. The molecule has 1 aromatic carbocycles. The summed E-state index contributed by atoms with van der Waals surface area (Å²) < 4.78 is 0. The SMILES string of the molecule is NC1CCC(N(Cc2nc3ccccc3[nH]2)C2CCCc3cccnc32)CC1. The second kappa shape index (κ2) is 7.64. The molecule has 28 heavy (non-hydrogen) atoms. The molecular weight excluding hydrogens is 346 g/mol. The van der Waals surface area contributed by atoms with Crippen LogP contribution in [0.5, 0.6) is 0 Å². The van der Waals surface area contributed by atoms with E-state index in [0.717, 1.165) is 42.7 Å². The molecule has 0 radical (unpaired) electrons. The second-order valence-electron chi connectivity index (χ2n) is 8.40. The zero-order chi connectivity index (χ0) is 18.9. The largest absolute Gasteiger partial charge is 0.341 e. The number of pyridine rings is 1. The van der Waals surface area contributed by atoms with Crippen LogP contribution in [0.15, 0.2) is 42.6 Å². The molecule has 3 N–H and O–H groups in total. The molecule has 2 aliphatic rings. The van der Waals surface area contributed by atoms with Crippen molar-refractivity contribution < 1.29 is 0 Å². The number of benzene rings is 1. The van der Waals surface area contributed by atoms with Gasteiger partial charge in [0.05, 0.1) is 29.3 Å². The number of aromatic amines is 1. The highest BCUT2D eigenvalue weighted by atomic mass is 15.2. The number of nitrogens with one attached hydrogen (secondary N) is 1. The van der Waals surface area contributed by atoms with E-state index < -0.39 is 0 Å². The van der Waals surface area contributed by atoms with Gasteiger partial charge < -0.3 is 10.7 Å². The number of nitrogens with zero attached hydrogens (tertiary/aromatic N) is 3. The van der Waals surface area contributed by atoms with Gasteiger partial charge in [0.1, 0.15) is 5.82 Å². The molecular formula is C23H29N5. The van der Waals surface area contributed by atoms with Crippen LogP contribution < -0.4 is 5.73 Å². The number of rotatable bonds is 4. The Morgan fingerprint density at radius 1 is 1.04 bits per heavy atom. The summed E-state index contributed by atoms with van der Waals surface area (Å²) in [6.45, 7) is 0.843. The molecule has 1 atom stereocenters. The monoisotopic (exact) mass is 375 g/mol. The van der Waals surface area contributed by atoms with E-state index in [4.69, 9.17) is 15.7 Å². The Kier molecular flexibility index (Phi) is 4.87. The number of para-hydroxylation sites is 2. The Balaban J connectivity index is 1.48. The first kappa shape index (κ1) is 17.8. The van der Waals surface area contributed by atoms with Gasteiger partial charge in [-0.15, -0.1) is 0 Å². The van der Waals surface area contributed by atoms with Gasteiger partial charge in [-0.05, 0) is 68.7 Å². The molecule has 0 spiro atoms. The summed E-state index contributed by atoms with van der Waals surface area (Å²) in [5.74, 6) is 1.05. The van der Waals surface area contributed by atoms with Crippen molar-refractivity contribution >= 4 is 11.0 Å². The topological polar surface area (TPSA) is 70.8 Å². The van der Waals surface area contributed by atoms with Gasteiger partial charge in [-0.1, -0.05) is 18.2 Å². The molecule has 0 bridgehead atoms. The van der Waals surface area contributed by atoms with E-state index in [1.807, 2.05) is 6.20 Å². The average Bonchev–Trinajstić information content (AvgIpc) is 3.15. The summed E-state index contributed by atoms with van der Waals surface area (Å²) in [5, 5.41) is 0. The lowest BCUT2D eigenvalue weighted by Gasteiger charge is -2.42. The first-order valence-electron chi connectivity index (χ1n) is 10.7. The lowest BCUT2D eigenvalue weighted by molar-refractivity contribution is 0.0761. The van der Waals surface area contributed by atoms with E-state index in [0.29, 0.717) is 18.1 Å². The van der Waals surface area contributed by atoms with E-state index >= 15 is 0 Å². The standard InChI is InChI=1S/C23H29N5/c24-17-10-12-18(13-11-17)28(15-22-26-19-7-1-2-8-20(19)27-22)21-9-3-5-16-6-4-14-25-23(16)21/h1-2,4,6-8,14,17-18,21H,3,5,9-13,15,24H2,(H,26,27). The first-order valence-corrected chi connectivity index (χ1v) is 10.7. The van der Waals surface area contributed by atoms with Crippen LogP contribution in [0.25, 0.3) is 11.0 Å². The lowest BCUT2D eigenvalue weighted by Crippen LogP contribution is -2.43. The third-order valence-electron chi connectivity index (χ3n) is 6.55. The molecule has 2 heterocycles. The summed E-state index contributed by atoms with van der Waals surface area (Å²) >= 11 is 0. The van der Waals surface area contributed by atoms with Gasteiger partial charge >= 0.3 is 0 Å². The third-order valence-corrected chi connectivity index (χ3v) is 6.55. The molecule has 0 saturated heterocycles. The summed E-state index contributed by atoms with van der Waals surface area (Å²) in [5.41, 5.74) is 11.1. The Morgan fingerprint density at radius 3 is 2.75 bits per heavy atom. The van der Waals surface area contributed by atoms with Crippen LogP contribution in [-0.2, 0) is 13.0 Å². The van der Waals surface area contributed by atoms with Crippen molar-refractivity contribution in [1.82, 2.24) is 19.9 Å². The van der Waals surface area contributed by atoms with Crippen molar-refractivity contribution in [3.8, 4) is 0 Å². The molecule has 2 aliphatic carbocycles. The van der Waals surface area contributed by atoms with Gasteiger partial charge in [-0.2, -0.15) is 0 Å². The minimum atomic E-state index is 0.362. The highest BCUT2D eigenvalue weighted by molar-refractivity contribution is 5.74. The van der Waals surface area contributed by atoms with Crippen molar-refractivity contribution in [1.29, 1.82) is 0 Å². The van der Waals surface area contributed by atoms with E-state index in [1.54, 1.807) is 0 Å². The van der Waals surface area contributed by atoms with Gasteiger partial charge in [0.25, 0.3) is 0 Å². The fraction of sp³-hybridized carbons (Fsp3) is 0.478. The van der Waals surface area contributed by atoms with Gasteiger partial charge in [-0.25, -0.2) is 4.98 Å². The number of hydrogen-bond acceptors (Lipinski definition) is 4. The number of aryl methyl sites for hydroxylation is 1. The van der Waals surface area contributed by atoms with Crippen LogP contribution in [0.2, 0.25) is 0 Å². The van der Waals surface area contributed by atoms with Crippen LogP contribution >= 0.6 is 0 Å². The van der Waals surface area contributed by atoms with Crippen molar-refractivity contribution in [3.63, 3.8) is 0 Å². The molecule has 5 rings (SSSR count). The maximum absolute atomic E-state index is 6.21. The number of hydrogen-bond donors (Lipinski definition) is 2. The summed E-state index contributed by atoms with van der Waals surface area (Å²) in [6.07, 6.45) is 10.1. The van der Waals surface area contributed by atoms with E-state index in [1.165, 1.54) is 36.9 Å². The summed E-state index contributed by atoms with van der Waals surface area (Å²) in [7, 11) is 0. The zero-order valence-electron chi connectivity index (χ0n) is 16.3.